The maximum Gasteiger partial charge on any atom is 0.417 e. The van der Waals surface area contributed by atoms with Crippen LogP contribution in [0.5, 0.6) is 0 Å². The number of hydrogen-bond donors (Lipinski definition) is 2. The molecule has 0 saturated heterocycles. The van der Waals surface area contributed by atoms with Gasteiger partial charge < -0.3 is 11.1 Å². The number of benzene rings is 1. The van der Waals surface area contributed by atoms with Gasteiger partial charge in [-0.15, -0.1) is 0 Å². The maximum atomic E-state index is 12.9. The maximum absolute atomic E-state index is 12.9. The van der Waals surface area contributed by atoms with Gasteiger partial charge in [-0.05, 0) is 31.0 Å². The molecule has 0 radical (unpaired) electrons. The normalized spacial score (nSPS) is 14.7. The molecule has 2 nitrogen and oxygen atoms in total. The third-order valence-corrected chi connectivity index (χ3v) is 3.70. The van der Waals surface area contributed by atoms with Gasteiger partial charge in [0.25, 0.3) is 0 Å². The van der Waals surface area contributed by atoms with E-state index in [9.17, 15) is 13.2 Å². The zero-order valence-electron chi connectivity index (χ0n) is 11.7. The van der Waals surface area contributed by atoms with E-state index in [2.05, 4.69) is 19.2 Å². The average molecular weight is 304 g/mol. The number of thiocarbonyl (C=S) groups is 1. The minimum atomic E-state index is -4.46. The molecule has 0 heterocycles. The fourth-order valence-corrected chi connectivity index (χ4v) is 2.01. The zero-order valence-corrected chi connectivity index (χ0v) is 12.5. The highest BCUT2D eigenvalue weighted by molar-refractivity contribution is 7.80. The Morgan fingerprint density at radius 3 is 2.40 bits per heavy atom. The largest absolute Gasteiger partial charge is 0.417 e. The van der Waals surface area contributed by atoms with Gasteiger partial charge in [-0.1, -0.05) is 32.5 Å². The second-order valence-electron chi connectivity index (χ2n) is 4.94. The predicted octanol–water partition coefficient (Wildman–Crippen LogP) is 4.19. The van der Waals surface area contributed by atoms with Crippen molar-refractivity contribution in [3.8, 4) is 0 Å². The lowest BCUT2D eigenvalue weighted by atomic mass is 10.00. The quantitative estimate of drug-likeness (QED) is 0.801. The summed E-state index contributed by atoms with van der Waals surface area (Å²) in [7, 11) is 0. The van der Waals surface area contributed by atoms with Crippen LogP contribution in [-0.4, -0.2) is 11.0 Å². The van der Waals surface area contributed by atoms with E-state index in [0.717, 1.165) is 12.5 Å². The van der Waals surface area contributed by atoms with E-state index in [1.165, 1.54) is 12.1 Å². The molecule has 1 aromatic carbocycles. The Kier molecular flexibility index (Phi) is 5.39. The Morgan fingerprint density at radius 1 is 1.35 bits per heavy atom. The summed E-state index contributed by atoms with van der Waals surface area (Å²) in [6, 6.07) is 3.93. The molecule has 0 amide bonds. The highest BCUT2D eigenvalue weighted by atomic mass is 32.1. The summed E-state index contributed by atoms with van der Waals surface area (Å²) in [5.41, 5.74) is 5.05. The van der Waals surface area contributed by atoms with Crippen LogP contribution in [0.1, 0.15) is 38.3 Å². The molecule has 112 valence electrons. The molecule has 0 aromatic heterocycles. The first-order valence-corrected chi connectivity index (χ1v) is 6.85. The molecule has 20 heavy (non-hydrogen) atoms. The number of alkyl halides is 3. The second kappa shape index (κ2) is 6.43. The first kappa shape index (κ1) is 16.8. The van der Waals surface area contributed by atoms with Gasteiger partial charge in [0, 0.05) is 17.3 Å². The van der Waals surface area contributed by atoms with Crippen LogP contribution in [0.2, 0.25) is 0 Å². The van der Waals surface area contributed by atoms with E-state index in [0.29, 0.717) is 11.6 Å². The van der Waals surface area contributed by atoms with Gasteiger partial charge in [-0.2, -0.15) is 13.2 Å². The molecule has 0 spiro atoms. The predicted molar refractivity (Wildman–Crippen MR) is 79.9 cm³/mol. The van der Waals surface area contributed by atoms with Crippen molar-refractivity contribution in [1.29, 1.82) is 0 Å². The lowest BCUT2D eigenvalue weighted by Gasteiger charge is -2.22. The molecule has 1 rings (SSSR count). The average Bonchev–Trinajstić information content (AvgIpc) is 2.36. The summed E-state index contributed by atoms with van der Waals surface area (Å²) in [4.78, 5) is -0.253. The van der Waals surface area contributed by atoms with Crippen molar-refractivity contribution in [2.75, 3.05) is 5.32 Å². The summed E-state index contributed by atoms with van der Waals surface area (Å²) >= 11 is 4.72. The van der Waals surface area contributed by atoms with Crippen molar-refractivity contribution in [2.45, 2.75) is 39.4 Å². The van der Waals surface area contributed by atoms with Crippen molar-refractivity contribution in [3.63, 3.8) is 0 Å². The Morgan fingerprint density at radius 2 is 1.95 bits per heavy atom. The molecule has 0 bridgehead atoms. The SMILES string of the molecule is CCC(C)C(C)Nc1ccc(C(F)(F)F)c(C(N)=S)c1. The number of nitrogens with two attached hydrogens (primary N) is 1. The van der Waals surface area contributed by atoms with Crippen LogP contribution >= 0.6 is 12.2 Å². The van der Waals surface area contributed by atoms with Gasteiger partial charge >= 0.3 is 6.18 Å². The van der Waals surface area contributed by atoms with Gasteiger partial charge in [0.2, 0.25) is 0 Å². The van der Waals surface area contributed by atoms with Crippen LogP contribution in [0.3, 0.4) is 0 Å². The summed E-state index contributed by atoms with van der Waals surface area (Å²) in [6.45, 7) is 6.14. The Hall–Kier alpha value is -1.30. The van der Waals surface area contributed by atoms with Crippen LogP contribution < -0.4 is 11.1 Å². The topological polar surface area (TPSA) is 38.0 Å². The fraction of sp³-hybridized carbons (Fsp3) is 0.500. The fourth-order valence-electron chi connectivity index (χ4n) is 1.84. The van der Waals surface area contributed by atoms with Crippen LogP contribution in [-0.2, 0) is 6.18 Å². The molecule has 0 aliphatic heterocycles. The van der Waals surface area contributed by atoms with E-state index in [-0.39, 0.29) is 16.6 Å². The van der Waals surface area contributed by atoms with Crippen LogP contribution in [0.4, 0.5) is 18.9 Å². The van der Waals surface area contributed by atoms with Crippen molar-refractivity contribution in [3.05, 3.63) is 29.3 Å². The van der Waals surface area contributed by atoms with Crippen molar-refractivity contribution in [1.82, 2.24) is 0 Å². The molecule has 6 heteroatoms. The Labute approximate surface area is 122 Å². The van der Waals surface area contributed by atoms with Crippen molar-refractivity contribution < 1.29 is 13.2 Å². The molecule has 0 fully saturated rings. The zero-order chi connectivity index (χ0) is 15.5. The van der Waals surface area contributed by atoms with Gasteiger partial charge in [-0.3, -0.25) is 0 Å². The van der Waals surface area contributed by atoms with E-state index in [1.807, 2.05) is 6.92 Å². The molecule has 0 saturated carbocycles. The highest BCUT2D eigenvalue weighted by Gasteiger charge is 2.34. The monoisotopic (exact) mass is 304 g/mol. The number of hydrogen-bond acceptors (Lipinski definition) is 2. The molecule has 2 unspecified atom stereocenters. The molecule has 0 aliphatic carbocycles. The lowest BCUT2D eigenvalue weighted by molar-refractivity contribution is -0.137. The second-order valence-corrected chi connectivity index (χ2v) is 5.38. The van der Waals surface area contributed by atoms with Gasteiger partial charge in [0.15, 0.2) is 0 Å². The standard InChI is InChI=1S/C14H19F3N2S/c1-4-8(2)9(3)19-10-5-6-12(14(15,16)17)11(7-10)13(18)20/h5-9,19H,4H2,1-3H3,(H2,18,20). The minimum absolute atomic E-state index is 0.145. The van der Waals surface area contributed by atoms with E-state index >= 15 is 0 Å². The molecule has 0 aliphatic rings. The van der Waals surface area contributed by atoms with E-state index < -0.39 is 11.7 Å². The molecular formula is C14H19F3N2S. The number of nitrogens with one attached hydrogen (secondary N) is 1. The summed E-state index contributed by atoms with van der Waals surface area (Å²) in [5, 5.41) is 3.18. The Bertz CT molecular complexity index is 486. The van der Waals surface area contributed by atoms with Crippen molar-refractivity contribution >= 4 is 22.9 Å². The lowest BCUT2D eigenvalue weighted by Crippen LogP contribution is -2.24. The van der Waals surface area contributed by atoms with E-state index in [1.54, 1.807) is 0 Å². The Balaban J connectivity index is 3.09. The third kappa shape index (κ3) is 4.10. The summed E-state index contributed by atoms with van der Waals surface area (Å²) in [5.74, 6) is 0.408. The van der Waals surface area contributed by atoms with Gasteiger partial charge in [-0.25, -0.2) is 0 Å². The van der Waals surface area contributed by atoms with Crippen LogP contribution in [0.25, 0.3) is 0 Å². The van der Waals surface area contributed by atoms with Crippen molar-refractivity contribution in [2.24, 2.45) is 11.7 Å². The third-order valence-electron chi connectivity index (χ3n) is 3.48. The summed E-state index contributed by atoms with van der Waals surface area (Å²) in [6.07, 6.45) is -3.48. The smallest absolute Gasteiger partial charge is 0.389 e. The molecule has 1 aromatic rings. The van der Waals surface area contributed by atoms with Gasteiger partial charge in [0.05, 0.1) is 5.56 Å². The van der Waals surface area contributed by atoms with E-state index in [4.69, 9.17) is 18.0 Å². The number of halogens is 3. The molecule has 3 N–H and O–H groups in total. The van der Waals surface area contributed by atoms with Gasteiger partial charge in [0.1, 0.15) is 4.99 Å². The molecule has 2 atom stereocenters. The highest BCUT2D eigenvalue weighted by Crippen LogP contribution is 2.33. The first-order chi connectivity index (χ1) is 9.16. The molecular weight excluding hydrogens is 285 g/mol. The van der Waals surface area contributed by atoms with Crippen LogP contribution in [0, 0.1) is 5.92 Å². The van der Waals surface area contributed by atoms with Crippen LogP contribution in [0.15, 0.2) is 18.2 Å². The summed E-state index contributed by atoms with van der Waals surface area (Å²) < 4.78 is 38.6. The first-order valence-electron chi connectivity index (χ1n) is 6.44. The number of rotatable bonds is 5. The number of anilines is 1. The minimum Gasteiger partial charge on any atom is -0.389 e.